The van der Waals surface area contributed by atoms with E-state index in [-0.39, 0.29) is 11.8 Å². The Hall–Kier alpha value is -1.92. The van der Waals surface area contributed by atoms with E-state index in [9.17, 15) is 4.79 Å². The standard InChI is InChI=1S/C23H32N2O3S/c1-17-11-18(2)13-21(12-17)28-15-22-24-20(16-29-22)14-25(9-6-10-27-3)23(26)19-7-4-5-8-19/h11-13,16,19H,4-10,14-15H2,1-3H3. The topological polar surface area (TPSA) is 51.7 Å². The molecule has 1 fully saturated rings. The van der Waals surface area contributed by atoms with Crippen LogP contribution in [-0.4, -0.2) is 36.1 Å². The number of aromatic nitrogens is 1. The van der Waals surface area contributed by atoms with E-state index in [1.54, 1.807) is 18.4 Å². The fourth-order valence-corrected chi connectivity index (χ4v) is 4.64. The smallest absolute Gasteiger partial charge is 0.226 e. The van der Waals surface area contributed by atoms with E-state index in [1.165, 1.54) is 24.0 Å². The van der Waals surface area contributed by atoms with Gasteiger partial charge in [-0.15, -0.1) is 11.3 Å². The van der Waals surface area contributed by atoms with E-state index in [1.807, 2.05) is 22.4 Å². The molecule has 0 unspecified atom stereocenters. The van der Waals surface area contributed by atoms with Gasteiger partial charge in [0.1, 0.15) is 17.4 Å². The summed E-state index contributed by atoms with van der Waals surface area (Å²) in [6.45, 7) is 6.55. The van der Waals surface area contributed by atoms with Crippen LogP contribution in [0.5, 0.6) is 5.75 Å². The Kier molecular flexibility index (Phi) is 8.07. The van der Waals surface area contributed by atoms with Crippen molar-refractivity contribution in [3.8, 4) is 5.75 Å². The molecular weight excluding hydrogens is 384 g/mol. The molecule has 2 aromatic rings. The van der Waals surface area contributed by atoms with E-state index in [0.29, 0.717) is 19.8 Å². The first kappa shape index (κ1) is 21.8. The Labute approximate surface area is 178 Å². The lowest BCUT2D eigenvalue weighted by atomic mass is 10.1. The number of rotatable bonds is 10. The van der Waals surface area contributed by atoms with Crippen molar-refractivity contribution < 1.29 is 14.3 Å². The van der Waals surface area contributed by atoms with Crippen LogP contribution in [0.4, 0.5) is 0 Å². The lowest BCUT2D eigenvalue weighted by Gasteiger charge is -2.25. The van der Waals surface area contributed by atoms with Gasteiger partial charge in [0.25, 0.3) is 0 Å². The molecule has 1 aromatic heterocycles. The van der Waals surface area contributed by atoms with Crippen LogP contribution in [-0.2, 0) is 22.7 Å². The van der Waals surface area contributed by atoms with Gasteiger partial charge in [-0.1, -0.05) is 18.9 Å². The van der Waals surface area contributed by atoms with Gasteiger partial charge in [0.05, 0.1) is 12.2 Å². The van der Waals surface area contributed by atoms with Crippen LogP contribution >= 0.6 is 11.3 Å². The van der Waals surface area contributed by atoms with E-state index in [0.717, 1.165) is 42.3 Å². The van der Waals surface area contributed by atoms with Crippen molar-refractivity contribution in [2.24, 2.45) is 5.92 Å². The molecule has 1 heterocycles. The number of hydrogen-bond donors (Lipinski definition) is 0. The molecule has 1 amide bonds. The molecule has 1 aromatic carbocycles. The Balaban J connectivity index is 1.59. The van der Waals surface area contributed by atoms with Gasteiger partial charge in [0.15, 0.2) is 0 Å². The number of methoxy groups -OCH3 is 1. The zero-order valence-corrected chi connectivity index (χ0v) is 18.6. The van der Waals surface area contributed by atoms with Crippen molar-refractivity contribution in [2.75, 3.05) is 20.3 Å². The van der Waals surface area contributed by atoms with Crippen LogP contribution in [0.2, 0.25) is 0 Å². The maximum absolute atomic E-state index is 13.0. The van der Waals surface area contributed by atoms with Crippen LogP contribution in [0.1, 0.15) is 53.9 Å². The number of ether oxygens (including phenoxy) is 2. The molecule has 158 valence electrons. The minimum atomic E-state index is 0.184. The first-order valence-electron chi connectivity index (χ1n) is 10.5. The van der Waals surface area contributed by atoms with E-state index >= 15 is 0 Å². The summed E-state index contributed by atoms with van der Waals surface area (Å²) >= 11 is 1.59. The third-order valence-electron chi connectivity index (χ3n) is 5.30. The molecule has 0 radical (unpaired) electrons. The molecule has 1 saturated carbocycles. The molecule has 1 aliphatic carbocycles. The summed E-state index contributed by atoms with van der Waals surface area (Å²) in [5.41, 5.74) is 3.33. The van der Waals surface area contributed by atoms with Crippen LogP contribution in [0.15, 0.2) is 23.6 Å². The zero-order valence-electron chi connectivity index (χ0n) is 17.8. The summed E-state index contributed by atoms with van der Waals surface area (Å²) in [6.07, 6.45) is 5.22. The van der Waals surface area contributed by atoms with Gasteiger partial charge in [0.2, 0.25) is 5.91 Å². The molecule has 29 heavy (non-hydrogen) atoms. The summed E-state index contributed by atoms with van der Waals surface area (Å²) in [5.74, 6) is 1.33. The molecule has 0 saturated heterocycles. The van der Waals surface area contributed by atoms with Gasteiger partial charge >= 0.3 is 0 Å². The highest BCUT2D eigenvalue weighted by Crippen LogP contribution is 2.27. The monoisotopic (exact) mass is 416 g/mol. The van der Waals surface area contributed by atoms with Crippen LogP contribution in [0.25, 0.3) is 0 Å². The second kappa shape index (κ2) is 10.7. The number of carbonyl (C=O) groups excluding carboxylic acids is 1. The average molecular weight is 417 g/mol. The fraction of sp³-hybridized carbons (Fsp3) is 0.565. The van der Waals surface area contributed by atoms with Crippen molar-refractivity contribution in [3.63, 3.8) is 0 Å². The first-order chi connectivity index (χ1) is 14.0. The van der Waals surface area contributed by atoms with Crippen LogP contribution < -0.4 is 4.74 Å². The largest absolute Gasteiger partial charge is 0.486 e. The van der Waals surface area contributed by atoms with Crippen molar-refractivity contribution in [1.29, 1.82) is 0 Å². The summed E-state index contributed by atoms with van der Waals surface area (Å²) < 4.78 is 11.1. The second-order valence-electron chi connectivity index (χ2n) is 7.93. The molecule has 0 atom stereocenters. The lowest BCUT2D eigenvalue weighted by molar-refractivity contribution is -0.136. The molecule has 0 bridgehead atoms. The summed E-state index contributed by atoms with van der Waals surface area (Å²) in [5, 5.41) is 2.98. The Morgan fingerprint density at radius 3 is 2.62 bits per heavy atom. The number of nitrogens with zero attached hydrogens (tertiary/aromatic N) is 2. The van der Waals surface area contributed by atoms with Crippen molar-refractivity contribution in [3.05, 3.63) is 45.4 Å². The van der Waals surface area contributed by atoms with E-state index < -0.39 is 0 Å². The minimum Gasteiger partial charge on any atom is -0.486 e. The third kappa shape index (κ3) is 6.54. The van der Waals surface area contributed by atoms with Crippen LogP contribution in [0, 0.1) is 19.8 Å². The van der Waals surface area contributed by atoms with Gasteiger partial charge in [-0.3, -0.25) is 4.79 Å². The Morgan fingerprint density at radius 1 is 1.21 bits per heavy atom. The number of carbonyl (C=O) groups is 1. The predicted octanol–water partition coefficient (Wildman–Crippen LogP) is 4.89. The normalized spacial score (nSPS) is 14.3. The van der Waals surface area contributed by atoms with Crippen LogP contribution in [0.3, 0.4) is 0 Å². The number of amides is 1. The Bertz CT molecular complexity index is 779. The zero-order chi connectivity index (χ0) is 20.6. The molecule has 0 aliphatic heterocycles. The minimum absolute atomic E-state index is 0.184. The second-order valence-corrected chi connectivity index (χ2v) is 8.87. The maximum Gasteiger partial charge on any atom is 0.226 e. The molecule has 0 N–H and O–H groups in total. The number of hydrogen-bond acceptors (Lipinski definition) is 5. The molecular formula is C23H32N2O3S. The van der Waals surface area contributed by atoms with Crippen molar-refractivity contribution in [2.45, 2.75) is 59.1 Å². The lowest BCUT2D eigenvalue weighted by Crippen LogP contribution is -2.36. The molecule has 6 heteroatoms. The van der Waals surface area contributed by atoms with E-state index in [4.69, 9.17) is 14.5 Å². The highest BCUT2D eigenvalue weighted by molar-refractivity contribution is 7.09. The molecule has 3 rings (SSSR count). The summed E-state index contributed by atoms with van der Waals surface area (Å²) in [7, 11) is 1.70. The van der Waals surface area contributed by atoms with Gasteiger partial charge in [-0.25, -0.2) is 4.98 Å². The SMILES string of the molecule is COCCCN(Cc1csc(COc2cc(C)cc(C)c2)n1)C(=O)C1CCCC1. The van der Waals surface area contributed by atoms with Gasteiger partial charge in [-0.2, -0.15) is 0 Å². The van der Waals surface area contributed by atoms with Gasteiger partial charge in [-0.05, 0) is 56.4 Å². The third-order valence-corrected chi connectivity index (χ3v) is 6.17. The highest BCUT2D eigenvalue weighted by Gasteiger charge is 2.27. The number of benzene rings is 1. The molecule has 0 spiro atoms. The Morgan fingerprint density at radius 2 is 1.93 bits per heavy atom. The maximum atomic E-state index is 13.0. The summed E-state index contributed by atoms with van der Waals surface area (Å²) in [4.78, 5) is 19.6. The molecule has 5 nitrogen and oxygen atoms in total. The predicted molar refractivity (Wildman–Crippen MR) is 116 cm³/mol. The van der Waals surface area contributed by atoms with Gasteiger partial charge < -0.3 is 14.4 Å². The average Bonchev–Trinajstić information content (AvgIpc) is 3.37. The molecule has 1 aliphatic rings. The van der Waals surface area contributed by atoms with Gasteiger partial charge in [0, 0.05) is 31.6 Å². The quantitative estimate of drug-likeness (QED) is 0.517. The number of thiazole rings is 1. The first-order valence-corrected chi connectivity index (χ1v) is 11.3. The number of aryl methyl sites for hydroxylation is 2. The highest BCUT2D eigenvalue weighted by atomic mass is 32.1. The summed E-state index contributed by atoms with van der Waals surface area (Å²) in [6, 6.07) is 6.21. The fourth-order valence-electron chi connectivity index (χ4n) is 3.94. The van der Waals surface area contributed by atoms with Crippen molar-refractivity contribution >= 4 is 17.2 Å². The van der Waals surface area contributed by atoms with E-state index in [2.05, 4.69) is 19.9 Å². The van der Waals surface area contributed by atoms with Crippen molar-refractivity contribution in [1.82, 2.24) is 9.88 Å².